The lowest BCUT2D eigenvalue weighted by Gasteiger charge is -2.27. The molecule has 0 aliphatic carbocycles. The Kier molecular flexibility index (Phi) is 5.64. The van der Waals surface area contributed by atoms with Gasteiger partial charge in [0.2, 0.25) is 5.82 Å². The zero-order valence-corrected chi connectivity index (χ0v) is 16.2. The molecule has 2 unspecified atom stereocenters. The van der Waals surface area contributed by atoms with E-state index in [4.69, 9.17) is 4.74 Å². The molecule has 1 N–H and O–H groups in total. The largest absolute Gasteiger partial charge is 0.505 e. The predicted molar refractivity (Wildman–Crippen MR) is 110 cm³/mol. The van der Waals surface area contributed by atoms with Gasteiger partial charge >= 0.3 is 0 Å². The van der Waals surface area contributed by atoms with Crippen molar-refractivity contribution in [3.05, 3.63) is 90.3 Å². The molecular formula is C25H21F3O2. The Morgan fingerprint density at radius 1 is 0.867 bits per heavy atom. The first-order valence-corrected chi connectivity index (χ1v) is 9.79. The van der Waals surface area contributed by atoms with E-state index in [2.05, 4.69) is 6.58 Å². The van der Waals surface area contributed by atoms with Crippen LogP contribution in [0.2, 0.25) is 0 Å². The summed E-state index contributed by atoms with van der Waals surface area (Å²) >= 11 is 0. The standard InChI is InChI=1S/C25H21F3O2/c1-2-15-3-12-23(30-14-15)18-8-9-19(21(26)13-18)16-4-6-17(7-5-16)20-10-11-22(29)25(28)24(20)27/h2,4-11,13,15,23,29H,1,3,12,14H2. The Labute approximate surface area is 173 Å². The van der Waals surface area contributed by atoms with Gasteiger partial charge in [-0.25, -0.2) is 8.78 Å². The number of phenols is 1. The van der Waals surface area contributed by atoms with Crippen molar-refractivity contribution in [3.8, 4) is 28.0 Å². The lowest BCUT2D eigenvalue weighted by Crippen LogP contribution is -2.19. The highest BCUT2D eigenvalue weighted by atomic mass is 19.2. The Balaban J connectivity index is 1.56. The van der Waals surface area contributed by atoms with Crippen molar-refractivity contribution in [1.29, 1.82) is 0 Å². The predicted octanol–water partition coefficient (Wildman–Crippen LogP) is 6.80. The van der Waals surface area contributed by atoms with E-state index in [-0.39, 0.29) is 17.5 Å². The van der Waals surface area contributed by atoms with Gasteiger partial charge in [0.15, 0.2) is 11.6 Å². The lowest BCUT2D eigenvalue weighted by atomic mass is 9.93. The average Bonchev–Trinajstić information content (AvgIpc) is 2.78. The fourth-order valence-corrected chi connectivity index (χ4v) is 3.78. The van der Waals surface area contributed by atoms with Crippen molar-refractivity contribution >= 4 is 0 Å². The average molecular weight is 410 g/mol. The number of aromatic hydroxyl groups is 1. The van der Waals surface area contributed by atoms with Crippen LogP contribution in [0.25, 0.3) is 22.3 Å². The molecule has 1 saturated heterocycles. The third-order valence-electron chi connectivity index (χ3n) is 5.58. The maximum atomic E-state index is 14.8. The van der Waals surface area contributed by atoms with E-state index in [0.29, 0.717) is 29.2 Å². The van der Waals surface area contributed by atoms with Gasteiger partial charge < -0.3 is 9.84 Å². The fraction of sp³-hybridized carbons (Fsp3) is 0.200. The molecule has 154 valence electrons. The van der Waals surface area contributed by atoms with Crippen LogP contribution in [-0.4, -0.2) is 11.7 Å². The number of hydrogen-bond acceptors (Lipinski definition) is 2. The van der Waals surface area contributed by atoms with Crippen LogP contribution in [0.15, 0.2) is 67.3 Å². The molecule has 0 aromatic heterocycles. The number of benzene rings is 3. The maximum Gasteiger partial charge on any atom is 0.200 e. The first-order valence-electron chi connectivity index (χ1n) is 9.79. The summed E-state index contributed by atoms with van der Waals surface area (Å²) in [6.07, 6.45) is 3.55. The van der Waals surface area contributed by atoms with Crippen LogP contribution < -0.4 is 0 Å². The van der Waals surface area contributed by atoms with Gasteiger partial charge in [-0.2, -0.15) is 4.39 Å². The van der Waals surface area contributed by atoms with E-state index in [9.17, 15) is 18.3 Å². The van der Waals surface area contributed by atoms with Crippen LogP contribution in [0.4, 0.5) is 13.2 Å². The highest BCUT2D eigenvalue weighted by Crippen LogP contribution is 2.35. The molecule has 0 spiro atoms. The minimum Gasteiger partial charge on any atom is -0.505 e. The van der Waals surface area contributed by atoms with Gasteiger partial charge in [0.25, 0.3) is 0 Å². The molecule has 0 radical (unpaired) electrons. The number of hydrogen-bond donors (Lipinski definition) is 1. The van der Waals surface area contributed by atoms with E-state index < -0.39 is 17.4 Å². The summed E-state index contributed by atoms with van der Waals surface area (Å²) in [6.45, 7) is 4.38. The highest BCUT2D eigenvalue weighted by Gasteiger charge is 2.22. The van der Waals surface area contributed by atoms with Crippen molar-refractivity contribution in [3.63, 3.8) is 0 Å². The zero-order chi connectivity index (χ0) is 21.3. The molecule has 1 aliphatic heterocycles. The van der Waals surface area contributed by atoms with E-state index in [1.807, 2.05) is 12.1 Å². The van der Waals surface area contributed by atoms with E-state index in [1.54, 1.807) is 30.3 Å². The number of ether oxygens (including phenoxy) is 1. The van der Waals surface area contributed by atoms with Crippen LogP contribution >= 0.6 is 0 Å². The summed E-state index contributed by atoms with van der Waals surface area (Å²) in [5.41, 5.74) is 2.30. The Morgan fingerprint density at radius 3 is 2.13 bits per heavy atom. The molecule has 4 rings (SSSR count). The molecule has 1 aliphatic rings. The molecule has 1 heterocycles. The molecule has 2 atom stereocenters. The molecule has 2 nitrogen and oxygen atoms in total. The summed E-state index contributed by atoms with van der Waals surface area (Å²) in [5, 5.41) is 9.27. The van der Waals surface area contributed by atoms with Gasteiger partial charge in [0.1, 0.15) is 5.82 Å². The second kappa shape index (κ2) is 8.36. The summed E-state index contributed by atoms with van der Waals surface area (Å²) in [4.78, 5) is 0. The minimum absolute atomic E-state index is 0.0277. The van der Waals surface area contributed by atoms with Crippen LogP contribution in [0.1, 0.15) is 24.5 Å². The normalized spacial score (nSPS) is 18.9. The maximum absolute atomic E-state index is 14.8. The Hall–Kier alpha value is -3.05. The lowest BCUT2D eigenvalue weighted by molar-refractivity contribution is -0.00528. The monoisotopic (exact) mass is 410 g/mol. The summed E-state index contributed by atoms with van der Waals surface area (Å²) < 4.78 is 48.4. The smallest absolute Gasteiger partial charge is 0.200 e. The van der Waals surface area contributed by atoms with Crippen LogP contribution in [0.5, 0.6) is 5.75 Å². The van der Waals surface area contributed by atoms with E-state index in [0.717, 1.165) is 24.5 Å². The van der Waals surface area contributed by atoms with Gasteiger partial charge in [-0.15, -0.1) is 6.58 Å². The van der Waals surface area contributed by atoms with Crippen LogP contribution in [-0.2, 0) is 4.74 Å². The van der Waals surface area contributed by atoms with Gasteiger partial charge in [-0.05, 0) is 47.7 Å². The first kappa shape index (κ1) is 20.2. The minimum atomic E-state index is -1.29. The quantitative estimate of drug-likeness (QED) is 0.480. The van der Waals surface area contributed by atoms with Gasteiger partial charge in [-0.1, -0.05) is 42.5 Å². The van der Waals surface area contributed by atoms with E-state index in [1.165, 1.54) is 12.1 Å². The SMILES string of the molecule is C=CC1CCC(c2ccc(-c3ccc(-c4ccc(O)c(F)c4F)cc3)c(F)c2)OC1. The highest BCUT2D eigenvalue weighted by molar-refractivity contribution is 5.71. The molecular weight excluding hydrogens is 389 g/mol. The van der Waals surface area contributed by atoms with Gasteiger partial charge in [0.05, 0.1) is 12.7 Å². The van der Waals surface area contributed by atoms with Gasteiger partial charge in [0, 0.05) is 17.0 Å². The molecule has 0 saturated carbocycles. The summed E-state index contributed by atoms with van der Waals surface area (Å²) in [7, 11) is 0. The molecule has 30 heavy (non-hydrogen) atoms. The molecule has 5 heteroatoms. The topological polar surface area (TPSA) is 29.5 Å². The second-order valence-electron chi connectivity index (χ2n) is 7.47. The first-order chi connectivity index (χ1) is 14.5. The van der Waals surface area contributed by atoms with Crippen molar-refractivity contribution in [2.45, 2.75) is 18.9 Å². The van der Waals surface area contributed by atoms with Crippen molar-refractivity contribution < 1.29 is 23.0 Å². The van der Waals surface area contributed by atoms with Crippen LogP contribution in [0, 0.1) is 23.4 Å². The van der Waals surface area contributed by atoms with E-state index >= 15 is 0 Å². The molecule has 0 bridgehead atoms. The summed E-state index contributed by atoms with van der Waals surface area (Å²) in [6, 6.07) is 14.0. The molecule has 0 amide bonds. The van der Waals surface area contributed by atoms with Crippen LogP contribution in [0.3, 0.4) is 0 Å². The number of halogens is 3. The Morgan fingerprint density at radius 2 is 1.53 bits per heavy atom. The van der Waals surface area contributed by atoms with Gasteiger partial charge in [-0.3, -0.25) is 0 Å². The summed E-state index contributed by atoms with van der Waals surface area (Å²) in [5.74, 6) is -3.17. The molecule has 1 fully saturated rings. The van der Waals surface area contributed by atoms with Crippen molar-refractivity contribution in [2.75, 3.05) is 6.61 Å². The molecule has 3 aromatic rings. The molecule has 3 aromatic carbocycles. The third-order valence-corrected chi connectivity index (χ3v) is 5.58. The number of phenolic OH excluding ortho intramolecular Hbond substituents is 1. The Bertz CT molecular complexity index is 1070. The fourth-order valence-electron chi connectivity index (χ4n) is 3.78. The van der Waals surface area contributed by atoms with Crippen molar-refractivity contribution in [2.24, 2.45) is 5.92 Å². The zero-order valence-electron chi connectivity index (χ0n) is 16.2. The third kappa shape index (κ3) is 3.85. The number of rotatable bonds is 4. The van der Waals surface area contributed by atoms with Crippen molar-refractivity contribution in [1.82, 2.24) is 0 Å². The second-order valence-corrected chi connectivity index (χ2v) is 7.47.